The zero-order chi connectivity index (χ0) is 16.5. The maximum absolute atomic E-state index is 12.6. The Morgan fingerprint density at radius 1 is 1.14 bits per heavy atom. The van der Waals surface area contributed by atoms with Crippen LogP contribution in [0.15, 0.2) is 24.3 Å². The summed E-state index contributed by atoms with van der Waals surface area (Å²) in [6.07, 6.45) is 0.221. The van der Waals surface area contributed by atoms with Gasteiger partial charge in [-0.15, -0.1) is 0 Å². The molecular formula is C17H26N2O3. The van der Waals surface area contributed by atoms with Gasteiger partial charge in [-0.3, -0.25) is 9.59 Å². The fraction of sp³-hybridized carbons (Fsp3) is 0.529. The third-order valence-electron chi connectivity index (χ3n) is 3.26. The van der Waals surface area contributed by atoms with E-state index >= 15 is 0 Å². The summed E-state index contributed by atoms with van der Waals surface area (Å²) in [5.41, 5.74) is 1.70. The normalized spacial score (nSPS) is 10.6. The number of benzene rings is 1. The first-order chi connectivity index (χ1) is 10.4. The Morgan fingerprint density at radius 3 is 2.45 bits per heavy atom. The molecule has 1 rings (SSSR count). The summed E-state index contributed by atoms with van der Waals surface area (Å²) in [6, 6.07) is 7.51. The Kier molecular flexibility index (Phi) is 7.60. The molecule has 22 heavy (non-hydrogen) atoms. The third-order valence-corrected chi connectivity index (χ3v) is 3.26. The molecule has 1 aromatic rings. The lowest BCUT2D eigenvalue weighted by Gasteiger charge is -2.24. The Bertz CT molecular complexity index is 500. The van der Waals surface area contributed by atoms with Crippen LogP contribution in [0.3, 0.4) is 0 Å². The number of hydrogen-bond donors (Lipinski definition) is 0. The second kappa shape index (κ2) is 9.20. The summed E-state index contributed by atoms with van der Waals surface area (Å²) < 4.78 is 4.94. The zero-order valence-electron chi connectivity index (χ0n) is 14.0. The smallest absolute Gasteiger partial charge is 0.307 e. The van der Waals surface area contributed by atoms with Crippen LogP contribution in [0.2, 0.25) is 0 Å². The van der Waals surface area contributed by atoms with Crippen LogP contribution in [-0.4, -0.2) is 62.0 Å². The highest BCUT2D eigenvalue weighted by molar-refractivity contribution is 5.94. The van der Waals surface area contributed by atoms with Crippen molar-refractivity contribution in [1.29, 1.82) is 0 Å². The first-order valence-electron chi connectivity index (χ1n) is 7.60. The van der Waals surface area contributed by atoms with E-state index in [1.165, 1.54) is 0 Å². The molecule has 0 aliphatic rings. The van der Waals surface area contributed by atoms with E-state index in [0.29, 0.717) is 25.3 Å². The largest absolute Gasteiger partial charge is 0.466 e. The van der Waals surface area contributed by atoms with E-state index in [1.54, 1.807) is 11.8 Å². The van der Waals surface area contributed by atoms with Crippen molar-refractivity contribution in [3.63, 3.8) is 0 Å². The molecule has 0 aromatic heterocycles. The fourth-order valence-electron chi connectivity index (χ4n) is 2.06. The minimum Gasteiger partial charge on any atom is -0.466 e. The van der Waals surface area contributed by atoms with Crippen molar-refractivity contribution in [3.05, 3.63) is 35.4 Å². The quantitative estimate of drug-likeness (QED) is 0.689. The van der Waals surface area contributed by atoms with Gasteiger partial charge in [0.05, 0.1) is 13.0 Å². The number of nitrogens with zero attached hydrogens (tertiary/aromatic N) is 2. The van der Waals surface area contributed by atoms with Gasteiger partial charge in [0.15, 0.2) is 0 Å². The molecule has 0 unspecified atom stereocenters. The second-order valence-corrected chi connectivity index (χ2v) is 5.52. The first kappa shape index (κ1) is 18.2. The number of esters is 1. The van der Waals surface area contributed by atoms with Gasteiger partial charge in [0.1, 0.15) is 0 Å². The topological polar surface area (TPSA) is 49.9 Å². The van der Waals surface area contributed by atoms with Gasteiger partial charge < -0.3 is 14.5 Å². The predicted molar refractivity (Wildman–Crippen MR) is 86.9 cm³/mol. The standard InChI is InChI=1S/C17H26N2O3/c1-5-22-16(20)9-10-19(12-11-18(3)4)17(21)15-8-6-7-14(2)13-15/h6-8,13H,5,9-12H2,1-4H3. The van der Waals surface area contributed by atoms with Crippen molar-refractivity contribution >= 4 is 11.9 Å². The maximum atomic E-state index is 12.6. The second-order valence-electron chi connectivity index (χ2n) is 5.52. The van der Waals surface area contributed by atoms with Crippen LogP contribution in [0.25, 0.3) is 0 Å². The number of carbonyl (C=O) groups is 2. The molecule has 0 fully saturated rings. The highest BCUT2D eigenvalue weighted by Crippen LogP contribution is 2.09. The van der Waals surface area contributed by atoms with E-state index in [4.69, 9.17) is 4.74 Å². The summed E-state index contributed by atoms with van der Waals surface area (Å²) in [7, 11) is 3.92. The molecule has 0 saturated carbocycles. The summed E-state index contributed by atoms with van der Waals surface area (Å²) in [5.74, 6) is -0.316. The molecule has 0 N–H and O–H groups in total. The molecule has 0 spiro atoms. The van der Waals surface area contributed by atoms with Crippen LogP contribution in [0.4, 0.5) is 0 Å². The van der Waals surface area contributed by atoms with Gasteiger partial charge in [0.25, 0.3) is 5.91 Å². The molecule has 0 bridgehead atoms. The molecule has 1 amide bonds. The first-order valence-corrected chi connectivity index (χ1v) is 7.60. The van der Waals surface area contributed by atoms with Crippen molar-refractivity contribution < 1.29 is 14.3 Å². The van der Waals surface area contributed by atoms with Gasteiger partial charge in [0, 0.05) is 25.2 Å². The number of likely N-dealkylation sites (N-methyl/N-ethyl adjacent to an activating group) is 1. The molecule has 5 heteroatoms. The molecule has 122 valence electrons. The molecule has 0 radical (unpaired) electrons. The van der Waals surface area contributed by atoms with E-state index < -0.39 is 0 Å². The average molecular weight is 306 g/mol. The molecule has 0 heterocycles. The van der Waals surface area contributed by atoms with Crippen molar-refractivity contribution in [2.75, 3.05) is 40.3 Å². The number of rotatable bonds is 8. The van der Waals surface area contributed by atoms with E-state index in [0.717, 1.165) is 12.1 Å². The lowest BCUT2D eigenvalue weighted by molar-refractivity contribution is -0.143. The lowest BCUT2D eigenvalue weighted by Crippen LogP contribution is -2.38. The highest BCUT2D eigenvalue weighted by atomic mass is 16.5. The van der Waals surface area contributed by atoms with Crippen LogP contribution < -0.4 is 0 Å². The molecule has 0 aliphatic heterocycles. The zero-order valence-corrected chi connectivity index (χ0v) is 14.0. The Hall–Kier alpha value is -1.88. The SMILES string of the molecule is CCOC(=O)CCN(CCN(C)C)C(=O)c1cccc(C)c1. The van der Waals surface area contributed by atoms with Crippen LogP contribution in [0, 0.1) is 6.92 Å². The van der Waals surface area contributed by atoms with Crippen molar-refractivity contribution in [1.82, 2.24) is 9.80 Å². The molecule has 0 aliphatic carbocycles. The van der Waals surface area contributed by atoms with Crippen molar-refractivity contribution in [2.45, 2.75) is 20.3 Å². The minimum absolute atomic E-state index is 0.0464. The molecule has 1 aromatic carbocycles. The maximum Gasteiger partial charge on any atom is 0.307 e. The fourth-order valence-corrected chi connectivity index (χ4v) is 2.06. The number of amides is 1. The van der Waals surface area contributed by atoms with Gasteiger partial charge in [0.2, 0.25) is 0 Å². The number of ether oxygens (including phenoxy) is 1. The van der Waals surface area contributed by atoms with Crippen LogP contribution in [-0.2, 0) is 9.53 Å². The predicted octanol–water partition coefficient (Wildman–Crippen LogP) is 1.95. The molecular weight excluding hydrogens is 280 g/mol. The van der Waals surface area contributed by atoms with Gasteiger partial charge in [-0.25, -0.2) is 0 Å². The van der Waals surface area contributed by atoms with Gasteiger partial charge in [-0.2, -0.15) is 0 Å². The Morgan fingerprint density at radius 2 is 1.86 bits per heavy atom. The van der Waals surface area contributed by atoms with Crippen molar-refractivity contribution in [3.8, 4) is 0 Å². The van der Waals surface area contributed by atoms with Crippen molar-refractivity contribution in [2.24, 2.45) is 0 Å². The van der Waals surface area contributed by atoms with Crippen LogP contribution in [0.1, 0.15) is 29.3 Å². The number of aryl methyl sites for hydroxylation is 1. The summed E-state index contributed by atoms with van der Waals surface area (Å²) in [5, 5.41) is 0. The molecule has 0 atom stereocenters. The highest BCUT2D eigenvalue weighted by Gasteiger charge is 2.17. The van der Waals surface area contributed by atoms with Crippen LogP contribution in [0.5, 0.6) is 0 Å². The lowest BCUT2D eigenvalue weighted by atomic mass is 10.1. The Balaban J connectivity index is 2.75. The van der Waals surface area contributed by atoms with Crippen LogP contribution >= 0.6 is 0 Å². The Labute approximate surface area is 132 Å². The monoisotopic (exact) mass is 306 g/mol. The van der Waals surface area contributed by atoms with Gasteiger partial charge in [-0.05, 0) is 40.1 Å². The molecule has 0 saturated heterocycles. The van der Waals surface area contributed by atoms with E-state index in [9.17, 15) is 9.59 Å². The van der Waals surface area contributed by atoms with Gasteiger partial charge in [-0.1, -0.05) is 17.7 Å². The summed E-state index contributed by atoms with van der Waals surface area (Å²) in [6.45, 7) is 5.81. The van der Waals surface area contributed by atoms with E-state index in [2.05, 4.69) is 0 Å². The number of carbonyl (C=O) groups excluding carboxylic acids is 2. The minimum atomic E-state index is -0.269. The van der Waals surface area contributed by atoms with Gasteiger partial charge >= 0.3 is 5.97 Å². The third kappa shape index (κ3) is 6.26. The molecule has 5 nitrogen and oxygen atoms in total. The van der Waals surface area contributed by atoms with E-state index in [-0.39, 0.29) is 18.3 Å². The summed E-state index contributed by atoms with van der Waals surface area (Å²) in [4.78, 5) is 27.9. The number of hydrogen-bond acceptors (Lipinski definition) is 4. The summed E-state index contributed by atoms with van der Waals surface area (Å²) >= 11 is 0. The average Bonchev–Trinajstić information content (AvgIpc) is 2.46. The van der Waals surface area contributed by atoms with E-state index in [1.807, 2.05) is 50.2 Å².